The third kappa shape index (κ3) is 3.66. The van der Waals surface area contributed by atoms with Crippen molar-refractivity contribution < 1.29 is 23.4 Å². The van der Waals surface area contributed by atoms with Crippen LogP contribution in [0.3, 0.4) is 0 Å². The third-order valence-electron chi connectivity index (χ3n) is 2.77. The van der Waals surface area contributed by atoms with E-state index in [2.05, 4.69) is 10.1 Å². The average molecular weight is 259 g/mol. The monoisotopic (exact) mass is 259 g/mol. The number of alkyl halides is 2. The molecule has 0 aliphatic carbocycles. The van der Waals surface area contributed by atoms with Gasteiger partial charge in [-0.3, -0.25) is 4.79 Å². The van der Waals surface area contributed by atoms with Crippen LogP contribution in [-0.4, -0.2) is 24.7 Å². The molecule has 0 heterocycles. The molecule has 0 amide bonds. The highest BCUT2D eigenvalue weighted by Crippen LogP contribution is 2.26. The summed E-state index contributed by atoms with van der Waals surface area (Å²) in [7, 11) is 1.65. The van der Waals surface area contributed by atoms with Gasteiger partial charge in [0, 0.05) is 0 Å². The van der Waals surface area contributed by atoms with Crippen LogP contribution in [-0.2, 0) is 10.3 Å². The Morgan fingerprint density at radius 1 is 1.44 bits per heavy atom. The lowest BCUT2D eigenvalue weighted by molar-refractivity contribution is -0.138. The smallest absolute Gasteiger partial charge is 0.387 e. The topological polar surface area (TPSA) is 58.6 Å². The van der Waals surface area contributed by atoms with E-state index in [9.17, 15) is 13.6 Å². The zero-order valence-electron chi connectivity index (χ0n) is 10.1. The van der Waals surface area contributed by atoms with Gasteiger partial charge in [0.25, 0.3) is 0 Å². The molecule has 2 N–H and O–H groups in total. The largest absolute Gasteiger partial charge is 0.481 e. The van der Waals surface area contributed by atoms with Crippen molar-refractivity contribution in [2.45, 2.75) is 25.5 Å². The SMILES string of the molecule is CNC(C)(CC(=O)O)c1ccc(OC(F)F)cc1. The summed E-state index contributed by atoms with van der Waals surface area (Å²) in [4.78, 5) is 10.8. The first-order chi connectivity index (χ1) is 8.37. The summed E-state index contributed by atoms with van der Waals surface area (Å²) in [6.45, 7) is -1.14. The number of carbonyl (C=O) groups is 1. The van der Waals surface area contributed by atoms with Gasteiger partial charge in [0.15, 0.2) is 0 Å². The highest BCUT2D eigenvalue weighted by atomic mass is 19.3. The zero-order chi connectivity index (χ0) is 13.8. The van der Waals surface area contributed by atoms with Crippen molar-refractivity contribution in [2.75, 3.05) is 7.05 Å². The fourth-order valence-electron chi connectivity index (χ4n) is 1.64. The summed E-state index contributed by atoms with van der Waals surface area (Å²) in [5.74, 6) is -0.901. The molecule has 0 saturated heterocycles. The average Bonchev–Trinajstić information content (AvgIpc) is 2.28. The van der Waals surface area contributed by atoms with Gasteiger partial charge in [-0.05, 0) is 31.7 Å². The Kier molecular flexibility index (Phi) is 4.61. The van der Waals surface area contributed by atoms with Crippen molar-refractivity contribution >= 4 is 5.97 Å². The lowest BCUT2D eigenvalue weighted by Crippen LogP contribution is -2.38. The number of halogens is 2. The van der Waals surface area contributed by atoms with E-state index < -0.39 is 18.1 Å². The maximum Gasteiger partial charge on any atom is 0.387 e. The zero-order valence-corrected chi connectivity index (χ0v) is 10.1. The molecule has 0 fully saturated rings. The molecule has 0 spiro atoms. The van der Waals surface area contributed by atoms with E-state index in [0.717, 1.165) is 0 Å². The second-order valence-electron chi connectivity index (χ2n) is 4.06. The quantitative estimate of drug-likeness (QED) is 0.822. The predicted molar refractivity (Wildman–Crippen MR) is 61.7 cm³/mol. The van der Waals surface area contributed by atoms with E-state index in [1.165, 1.54) is 12.1 Å². The second kappa shape index (κ2) is 5.77. The van der Waals surface area contributed by atoms with Gasteiger partial charge in [-0.15, -0.1) is 0 Å². The van der Waals surface area contributed by atoms with Crippen LogP contribution >= 0.6 is 0 Å². The van der Waals surface area contributed by atoms with Gasteiger partial charge in [0.05, 0.1) is 12.0 Å². The molecule has 0 bridgehead atoms. The Bertz CT molecular complexity index is 408. The molecule has 0 aliphatic rings. The van der Waals surface area contributed by atoms with E-state index in [1.807, 2.05) is 0 Å². The van der Waals surface area contributed by atoms with Crippen molar-refractivity contribution in [3.05, 3.63) is 29.8 Å². The van der Waals surface area contributed by atoms with Crippen LogP contribution in [0.4, 0.5) is 8.78 Å². The number of rotatable bonds is 6. The Labute approximate surface area is 104 Å². The first-order valence-corrected chi connectivity index (χ1v) is 5.33. The fraction of sp³-hybridized carbons (Fsp3) is 0.417. The molecule has 1 rings (SSSR count). The summed E-state index contributed by atoms with van der Waals surface area (Å²) in [5.41, 5.74) is -0.0659. The molecule has 1 aromatic carbocycles. The minimum absolute atomic E-state index is 0.0440. The van der Waals surface area contributed by atoms with Crippen molar-refractivity contribution in [3.8, 4) is 5.75 Å². The summed E-state index contributed by atoms with van der Waals surface area (Å²) in [6, 6.07) is 5.91. The second-order valence-corrected chi connectivity index (χ2v) is 4.06. The van der Waals surface area contributed by atoms with Gasteiger partial charge in [0.1, 0.15) is 5.75 Å². The lowest BCUT2D eigenvalue weighted by Gasteiger charge is -2.28. The van der Waals surface area contributed by atoms with E-state index in [0.29, 0.717) is 5.56 Å². The number of carboxylic acids is 1. The molecule has 0 saturated carbocycles. The number of ether oxygens (including phenoxy) is 1. The lowest BCUT2D eigenvalue weighted by atomic mass is 9.89. The summed E-state index contributed by atoms with van der Waals surface area (Å²) < 4.78 is 28.2. The van der Waals surface area contributed by atoms with Gasteiger partial charge >= 0.3 is 12.6 Å². The molecule has 18 heavy (non-hydrogen) atoms. The number of hydrogen-bond donors (Lipinski definition) is 2. The molecule has 100 valence electrons. The number of benzene rings is 1. The Morgan fingerprint density at radius 3 is 2.39 bits per heavy atom. The predicted octanol–water partition coefficient (Wildman–Crippen LogP) is 2.20. The van der Waals surface area contributed by atoms with Gasteiger partial charge < -0.3 is 15.2 Å². The minimum Gasteiger partial charge on any atom is -0.481 e. The molecule has 0 radical (unpaired) electrons. The summed E-state index contributed by atoms with van der Waals surface area (Å²) >= 11 is 0. The minimum atomic E-state index is -2.87. The van der Waals surface area contributed by atoms with Crippen LogP contribution in [0.25, 0.3) is 0 Å². The summed E-state index contributed by atoms with van der Waals surface area (Å²) in [5, 5.41) is 11.8. The van der Waals surface area contributed by atoms with Crippen LogP contribution in [0, 0.1) is 0 Å². The highest BCUT2D eigenvalue weighted by Gasteiger charge is 2.27. The van der Waals surface area contributed by atoms with Crippen LogP contribution in [0.1, 0.15) is 18.9 Å². The molecule has 0 aromatic heterocycles. The van der Waals surface area contributed by atoms with Crippen molar-refractivity contribution in [2.24, 2.45) is 0 Å². The molecule has 1 atom stereocenters. The van der Waals surface area contributed by atoms with Crippen LogP contribution in [0.2, 0.25) is 0 Å². The van der Waals surface area contributed by atoms with Crippen LogP contribution in [0.15, 0.2) is 24.3 Å². The molecule has 0 aliphatic heterocycles. The van der Waals surface area contributed by atoms with E-state index in [1.54, 1.807) is 26.1 Å². The van der Waals surface area contributed by atoms with E-state index >= 15 is 0 Å². The first kappa shape index (κ1) is 14.4. The van der Waals surface area contributed by atoms with Gasteiger partial charge in [0.2, 0.25) is 0 Å². The first-order valence-electron chi connectivity index (χ1n) is 5.33. The highest BCUT2D eigenvalue weighted by molar-refractivity contribution is 5.68. The standard InChI is InChI=1S/C12H15F2NO3/c1-12(15-2,7-10(16)17)8-3-5-9(6-4-8)18-11(13)14/h3-6,11,15H,7H2,1-2H3,(H,16,17). The maximum absolute atomic E-state index is 12.0. The Morgan fingerprint density at radius 2 is 2.00 bits per heavy atom. The molecule has 4 nitrogen and oxygen atoms in total. The normalized spacial score (nSPS) is 14.3. The molecular formula is C12H15F2NO3. The van der Waals surface area contributed by atoms with Crippen LogP contribution in [0.5, 0.6) is 5.75 Å². The molecular weight excluding hydrogens is 244 g/mol. The number of aliphatic carboxylic acids is 1. The van der Waals surface area contributed by atoms with E-state index in [4.69, 9.17) is 5.11 Å². The van der Waals surface area contributed by atoms with Crippen molar-refractivity contribution in [1.82, 2.24) is 5.32 Å². The maximum atomic E-state index is 12.0. The van der Waals surface area contributed by atoms with Gasteiger partial charge in [-0.2, -0.15) is 8.78 Å². The number of hydrogen-bond acceptors (Lipinski definition) is 3. The van der Waals surface area contributed by atoms with Crippen molar-refractivity contribution in [3.63, 3.8) is 0 Å². The Balaban J connectivity index is 2.91. The molecule has 6 heteroatoms. The van der Waals surface area contributed by atoms with Gasteiger partial charge in [-0.25, -0.2) is 0 Å². The summed E-state index contributed by atoms with van der Waals surface area (Å²) in [6.07, 6.45) is -0.113. The molecule has 1 aromatic rings. The number of carboxylic acid groups (broad SMARTS) is 1. The van der Waals surface area contributed by atoms with Crippen molar-refractivity contribution in [1.29, 1.82) is 0 Å². The van der Waals surface area contributed by atoms with Gasteiger partial charge in [-0.1, -0.05) is 12.1 Å². The number of nitrogens with one attached hydrogen (secondary N) is 1. The van der Waals surface area contributed by atoms with E-state index in [-0.39, 0.29) is 12.2 Å². The fourth-order valence-corrected chi connectivity index (χ4v) is 1.64. The van der Waals surface area contributed by atoms with Crippen LogP contribution < -0.4 is 10.1 Å². The molecule has 1 unspecified atom stereocenters. The Hall–Kier alpha value is -1.69. The third-order valence-corrected chi connectivity index (χ3v) is 2.77.